The number of rotatable bonds is 10. The zero-order valence-corrected chi connectivity index (χ0v) is 18.1. The van der Waals surface area contributed by atoms with Crippen LogP contribution < -0.4 is 16.0 Å². The van der Waals surface area contributed by atoms with Crippen molar-refractivity contribution in [1.82, 2.24) is 16.0 Å². The highest BCUT2D eigenvalue weighted by molar-refractivity contribution is 14.0. The van der Waals surface area contributed by atoms with E-state index in [0.29, 0.717) is 30.2 Å². The van der Waals surface area contributed by atoms with Crippen molar-refractivity contribution in [3.8, 4) is 0 Å². The Morgan fingerprint density at radius 1 is 1.15 bits per heavy atom. The highest BCUT2D eigenvalue weighted by atomic mass is 127. The number of amides is 1. The maximum absolute atomic E-state index is 13.5. The lowest BCUT2D eigenvalue weighted by Gasteiger charge is -2.12. The zero-order valence-electron chi connectivity index (χ0n) is 15.7. The SMILES string of the molecule is CCOCCCCNC(=NC)NCCNC(=O)c1ccc(C)c(F)c1.I. The van der Waals surface area contributed by atoms with Gasteiger partial charge in [0, 0.05) is 45.5 Å². The summed E-state index contributed by atoms with van der Waals surface area (Å²) in [7, 11) is 1.70. The lowest BCUT2D eigenvalue weighted by molar-refractivity contribution is 0.0954. The molecular weight excluding hydrogens is 450 g/mol. The summed E-state index contributed by atoms with van der Waals surface area (Å²) in [4.78, 5) is 16.1. The first-order valence-corrected chi connectivity index (χ1v) is 8.65. The van der Waals surface area contributed by atoms with Gasteiger partial charge in [0.2, 0.25) is 0 Å². The molecule has 1 amide bonds. The number of aryl methyl sites for hydroxylation is 1. The second kappa shape index (κ2) is 14.7. The van der Waals surface area contributed by atoms with Crippen LogP contribution in [0.15, 0.2) is 23.2 Å². The van der Waals surface area contributed by atoms with Gasteiger partial charge in [0.15, 0.2) is 5.96 Å². The molecule has 0 radical (unpaired) electrons. The Morgan fingerprint density at radius 3 is 2.50 bits per heavy atom. The maximum atomic E-state index is 13.5. The minimum Gasteiger partial charge on any atom is -0.382 e. The van der Waals surface area contributed by atoms with E-state index in [1.54, 1.807) is 26.1 Å². The van der Waals surface area contributed by atoms with Crippen LogP contribution in [0.3, 0.4) is 0 Å². The monoisotopic (exact) mass is 480 g/mol. The molecule has 0 bridgehead atoms. The van der Waals surface area contributed by atoms with Crippen LogP contribution in [0, 0.1) is 12.7 Å². The Bertz CT molecular complexity index is 570. The third kappa shape index (κ3) is 9.91. The number of halogens is 2. The first kappa shape index (κ1) is 24.6. The van der Waals surface area contributed by atoms with E-state index in [9.17, 15) is 9.18 Å². The highest BCUT2D eigenvalue weighted by Gasteiger charge is 2.07. The molecule has 8 heteroatoms. The maximum Gasteiger partial charge on any atom is 0.251 e. The van der Waals surface area contributed by atoms with E-state index < -0.39 is 0 Å². The fourth-order valence-electron chi connectivity index (χ4n) is 2.09. The molecule has 0 fully saturated rings. The molecule has 0 saturated carbocycles. The Morgan fingerprint density at radius 2 is 1.85 bits per heavy atom. The predicted octanol–water partition coefficient (Wildman–Crippen LogP) is 2.46. The van der Waals surface area contributed by atoms with Crippen molar-refractivity contribution in [2.75, 3.05) is 39.9 Å². The predicted molar refractivity (Wildman–Crippen MR) is 114 cm³/mol. The Hall–Kier alpha value is -1.42. The summed E-state index contributed by atoms with van der Waals surface area (Å²) < 4.78 is 18.8. The molecule has 0 saturated heterocycles. The van der Waals surface area contributed by atoms with Gasteiger partial charge in [-0.2, -0.15) is 0 Å². The second-order valence-electron chi connectivity index (χ2n) is 5.55. The lowest BCUT2D eigenvalue weighted by Crippen LogP contribution is -2.41. The van der Waals surface area contributed by atoms with Gasteiger partial charge in [-0.25, -0.2) is 4.39 Å². The fraction of sp³-hybridized carbons (Fsp3) is 0.556. The van der Waals surface area contributed by atoms with Crippen molar-refractivity contribution in [3.05, 3.63) is 35.1 Å². The van der Waals surface area contributed by atoms with Crippen LogP contribution in [-0.2, 0) is 4.74 Å². The first-order valence-electron chi connectivity index (χ1n) is 8.65. The molecule has 0 unspecified atom stereocenters. The minimum absolute atomic E-state index is 0. The van der Waals surface area contributed by atoms with Gasteiger partial charge in [-0.05, 0) is 44.4 Å². The van der Waals surface area contributed by atoms with Crippen LogP contribution in [0.1, 0.15) is 35.7 Å². The van der Waals surface area contributed by atoms with Gasteiger partial charge in [-0.15, -0.1) is 24.0 Å². The largest absolute Gasteiger partial charge is 0.382 e. The van der Waals surface area contributed by atoms with Crippen LogP contribution in [0.4, 0.5) is 4.39 Å². The number of unbranched alkanes of at least 4 members (excludes halogenated alkanes) is 1. The standard InChI is InChI=1S/C18H29FN4O2.HI/c1-4-25-12-6-5-9-22-18(20-3)23-11-10-21-17(24)15-8-7-14(2)16(19)13-15;/h7-8,13H,4-6,9-12H2,1-3H3,(H,21,24)(H2,20,22,23);1H. The van der Waals surface area contributed by atoms with E-state index in [4.69, 9.17) is 4.74 Å². The molecule has 0 atom stereocenters. The normalized spacial score (nSPS) is 10.8. The molecule has 148 valence electrons. The van der Waals surface area contributed by atoms with E-state index in [2.05, 4.69) is 20.9 Å². The van der Waals surface area contributed by atoms with Crippen LogP contribution in [0.25, 0.3) is 0 Å². The van der Waals surface area contributed by atoms with Crippen molar-refractivity contribution < 1.29 is 13.9 Å². The van der Waals surface area contributed by atoms with Gasteiger partial charge < -0.3 is 20.7 Å². The van der Waals surface area contributed by atoms with Gasteiger partial charge in [-0.3, -0.25) is 9.79 Å². The molecule has 0 aromatic heterocycles. The molecule has 1 rings (SSSR count). The van der Waals surface area contributed by atoms with Gasteiger partial charge >= 0.3 is 0 Å². The number of carbonyl (C=O) groups excluding carboxylic acids is 1. The van der Waals surface area contributed by atoms with Crippen LogP contribution in [0.5, 0.6) is 0 Å². The topological polar surface area (TPSA) is 74.8 Å². The molecular formula is C18H30FIN4O2. The zero-order chi connectivity index (χ0) is 18.5. The van der Waals surface area contributed by atoms with Crippen LogP contribution in [0.2, 0.25) is 0 Å². The van der Waals surface area contributed by atoms with E-state index in [-0.39, 0.29) is 35.7 Å². The molecule has 3 N–H and O–H groups in total. The summed E-state index contributed by atoms with van der Waals surface area (Å²) in [6.45, 7) is 6.92. The molecule has 1 aromatic carbocycles. The van der Waals surface area contributed by atoms with E-state index in [1.807, 2.05) is 6.92 Å². The Labute approximate surface area is 172 Å². The average Bonchev–Trinajstić information content (AvgIpc) is 2.61. The summed E-state index contributed by atoms with van der Waals surface area (Å²) in [5.74, 6) is 0.0197. The average molecular weight is 480 g/mol. The number of benzene rings is 1. The molecule has 0 aliphatic heterocycles. The first-order chi connectivity index (χ1) is 12.1. The quantitative estimate of drug-likeness (QED) is 0.208. The molecule has 1 aromatic rings. The van der Waals surface area contributed by atoms with Gasteiger partial charge in [0.05, 0.1) is 0 Å². The smallest absolute Gasteiger partial charge is 0.251 e. The summed E-state index contributed by atoms with van der Waals surface area (Å²) in [6, 6.07) is 4.46. The van der Waals surface area contributed by atoms with Gasteiger partial charge in [-0.1, -0.05) is 6.07 Å². The number of nitrogens with zero attached hydrogens (tertiary/aromatic N) is 1. The number of hydrogen-bond donors (Lipinski definition) is 3. The van der Waals surface area contributed by atoms with E-state index in [1.165, 1.54) is 6.07 Å². The number of hydrogen-bond acceptors (Lipinski definition) is 3. The highest BCUT2D eigenvalue weighted by Crippen LogP contribution is 2.08. The third-order valence-corrected chi connectivity index (χ3v) is 3.57. The molecule has 0 aliphatic rings. The van der Waals surface area contributed by atoms with Crippen molar-refractivity contribution in [3.63, 3.8) is 0 Å². The summed E-state index contributed by atoms with van der Waals surface area (Å²) in [6.07, 6.45) is 2.00. The minimum atomic E-state index is -0.375. The van der Waals surface area contributed by atoms with Gasteiger partial charge in [0.1, 0.15) is 5.82 Å². The lowest BCUT2D eigenvalue weighted by atomic mass is 10.1. The molecule has 6 nitrogen and oxygen atoms in total. The number of ether oxygens (including phenoxy) is 1. The van der Waals surface area contributed by atoms with Crippen molar-refractivity contribution >= 4 is 35.8 Å². The number of nitrogens with one attached hydrogen (secondary N) is 3. The van der Waals surface area contributed by atoms with Gasteiger partial charge in [0.25, 0.3) is 5.91 Å². The van der Waals surface area contributed by atoms with E-state index >= 15 is 0 Å². The molecule has 0 aliphatic carbocycles. The second-order valence-corrected chi connectivity index (χ2v) is 5.55. The summed E-state index contributed by atoms with van der Waals surface area (Å²) in [5, 5.41) is 9.07. The molecule has 0 spiro atoms. The van der Waals surface area contributed by atoms with E-state index in [0.717, 1.165) is 32.6 Å². The van der Waals surface area contributed by atoms with Crippen LogP contribution >= 0.6 is 24.0 Å². The Balaban J connectivity index is 0.00000625. The Kier molecular flexibility index (Phi) is 13.9. The number of guanidine groups is 1. The number of aliphatic imine (C=N–C) groups is 1. The number of carbonyl (C=O) groups is 1. The molecule has 26 heavy (non-hydrogen) atoms. The van der Waals surface area contributed by atoms with Crippen LogP contribution in [-0.4, -0.2) is 51.8 Å². The van der Waals surface area contributed by atoms with Crippen molar-refractivity contribution in [1.29, 1.82) is 0 Å². The van der Waals surface area contributed by atoms with Crippen molar-refractivity contribution in [2.24, 2.45) is 4.99 Å². The summed E-state index contributed by atoms with van der Waals surface area (Å²) >= 11 is 0. The third-order valence-electron chi connectivity index (χ3n) is 3.57. The molecule has 0 heterocycles. The van der Waals surface area contributed by atoms with Crippen molar-refractivity contribution in [2.45, 2.75) is 26.7 Å². The fourth-order valence-corrected chi connectivity index (χ4v) is 2.09. The summed E-state index contributed by atoms with van der Waals surface area (Å²) in [5.41, 5.74) is 0.842.